The molecule has 134 valence electrons. The molecule has 1 aliphatic heterocycles. The molecule has 0 unspecified atom stereocenters. The number of nitrogens with zero attached hydrogens (tertiary/aromatic N) is 1. The Balaban J connectivity index is 1.92. The molecule has 0 atom stereocenters. The van der Waals surface area contributed by atoms with Gasteiger partial charge in [-0.05, 0) is 65.7 Å². The fourth-order valence-corrected chi connectivity index (χ4v) is 2.90. The molecule has 0 aromatic heterocycles. The van der Waals surface area contributed by atoms with Gasteiger partial charge in [-0.1, -0.05) is 18.2 Å². The molecule has 0 bridgehead atoms. The molecule has 6 heteroatoms. The molecule has 0 saturated heterocycles. The minimum absolute atomic E-state index is 0.0365. The fraction of sp³-hybridized carbons (Fsp3) is 0.200. The van der Waals surface area contributed by atoms with Gasteiger partial charge in [0.05, 0.1) is 18.8 Å². The Kier molecular flexibility index (Phi) is 5.42. The maximum atomic E-state index is 12.2. The fourth-order valence-electron chi connectivity index (χ4n) is 2.44. The van der Waals surface area contributed by atoms with Crippen LogP contribution in [0.25, 0.3) is 6.08 Å². The highest BCUT2D eigenvalue weighted by atomic mass is 79.9. The maximum absolute atomic E-state index is 12.2. The Morgan fingerprint density at radius 3 is 2.62 bits per heavy atom. The number of halogens is 1. The van der Waals surface area contributed by atoms with Crippen molar-refractivity contribution in [2.45, 2.75) is 20.0 Å². The van der Waals surface area contributed by atoms with E-state index in [1.165, 1.54) is 0 Å². The van der Waals surface area contributed by atoms with E-state index in [4.69, 9.17) is 14.2 Å². The molecule has 0 N–H and O–H groups in total. The van der Waals surface area contributed by atoms with E-state index < -0.39 is 5.97 Å². The van der Waals surface area contributed by atoms with E-state index in [-0.39, 0.29) is 17.7 Å². The molecule has 0 fully saturated rings. The van der Waals surface area contributed by atoms with E-state index in [0.717, 1.165) is 15.6 Å². The Morgan fingerprint density at radius 1 is 1.15 bits per heavy atom. The molecule has 0 spiro atoms. The standard InChI is InChI=1S/C20H18BrNO4/c1-12(2)25-17-9-8-13(11-18(17)24-3)10-16-20(23)26-19(22-16)14-6-4-5-7-15(14)21/h4-12H,1-3H3/b16-10+. The molecule has 3 rings (SSSR count). The van der Waals surface area contributed by atoms with Crippen LogP contribution in [0.15, 0.2) is 57.6 Å². The zero-order valence-corrected chi connectivity index (χ0v) is 16.2. The lowest BCUT2D eigenvalue weighted by Gasteiger charge is -2.13. The molecular formula is C20H18BrNO4. The number of aliphatic imine (C=N–C) groups is 1. The number of cyclic esters (lactones) is 1. The predicted molar refractivity (Wildman–Crippen MR) is 104 cm³/mol. The van der Waals surface area contributed by atoms with Crippen LogP contribution in [0.4, 0.5) is 0 Å². The number of hydrogen-bond acceptors (Lipinski definition) is 5. The normalized spacial score (nSPS) is 15.2. The zero-order chi connectivity index (χ0) is 18.7. The number of carbonyl (C=O) groups excluding carboxylic acids is 1. The van der Waals surface area contributed by atoms with Gasteiger partial charge in [-0.3, -0.25) is 0 Å². The van der Waals surface area contributed by atoms with Crippen LogP contribution in [-0.4, -0.2) is 25.1 Å². The van der Waals surface area contributed by atoms with Crippen molar-refractivity contribution in [3.8, 4) is 11.5 Å². The lowest BCUT2D eigenvalue weighted by Crippen LogP contribution is -2.06. The molecule has 2 aromatic carbocycles. The van der Waals surface area contributed by atoms with Crippen molar-refractivity contribution in [1.29, 1.82) is 0 Å². The third kappa shape index (κ3) is 3.96. The Labute approximate surface area is 160 Å². The maximum Gasteiger partial charge on any atom is 0.363 e. The lowest BCUT2D eigenvalue weighted by atomic mass is 10.1. The second-order valence-electron chi connectivity index (χ2n) is 5.89. The second-order valence-corrected chi connectivity index (χ2v) is 6.75. The van der Waals surface area contributed by atoms with Gasteiger partial charge in [0.25, 0.3) is 0 Å². The summed E-state index contributed by atoms with van der Waals surface area (Å²) in [5.41, 5.74) is 1.72. The highest BCUT2D eigenvalue weighted by molar-refractivity contribution is 9.10. The van der Waals surface area contributed by atoms with Gasteiger partial charge in [0, 0.05) is 4.47 Å². The summed E-state index contributed by atoms with van der Waals surface area (Å²) in [4.78, 5) is 16.5. The van der Waals surface area contributed by atoms with Crippen LogP contribution in [0.5, 0.6) is 11.5 Å². The van der Waals surface area contributed by atoms with Crippen LogP contribution in [-0.2, 0) is 9.53 Å². The molecule has 1 aliphatic rings. The third-order valence-corrected chi connectivity index (χ3v) is 4.27. The SMILES string of the molecule is COc1cc(/C=C2/N=C(c3ccccc3Br)OC2=O)ccc1OC(C)C. The molecule has 0 aliphatic carbocycles. The highest BCUT2D eigenvalue weighted by Crippen LogP contribution is 2.31. The summed E-state index contributed by atoms with van der Waals surface area (Å²) in [5.74, 6) is 1.03. The van der Waals surface area contributed by atoms with Crippen LogP contribution >= 0.6 is 15.9 Å². The van der Waals surface area contributed by atoms with Gasteiger partial charge in [0.1, 0.15) is 0 Å². The van der Waals surface area contributed by atoms with Crippen LogP contribution in [0.1, 0.15) is 25.0 Å². The van der Waals surface area contributed by atoms with E-state index in [2.05, 4.69) is 20.9 Å². The molecule has 1 heterocycles. The first kappa shape index (κ1) is 18.2. The number of carbonyl (C=O) groups is 1. The first-order valence-electron chi connectivity index (χ1n) is 8.10. The minimum Gasteiger partial charge on any atom is -0.493 e. The van der Waals surface area contributed by atoms with Gasteiger partial charge >= 0.3 is 5.97 Å². The van der Waals surface area contributed by atoms with Gasteiger partial charge in [-0.15, -0.1) is 0 Å². The summed E-state index contributed by atoms with van der Waals surface area (Å²) in [6.45, 7) is 3.89. The molecule has 0 radical (unpaired) electrons. The summed E-state index contributed by atoms with van der Waals surface area (Å²) < 4.78 is 17.2. The van der Waals surface area contributed by atoms with Crippen molar-refractivity contribution in [2.24, 2.45) is 4.99 Å². The molecule has 26 heavy (non-hydrogen) atoms. The van der Waals surface area contributed by atoms with Crippen LogP contribution in [0.2, 0.25) is 0 Å². The Hall–Kier alpha value is -2.60. The number of hydrogen-bond donors (Lipinski definition) is 0. The van der Waals surface area contributed by atoms with Crippen molar-refractivity contribution in [1.82, 2.24) is 0 Å². The molecule has 2 aromatic rings. The number of methoxy groups -OCH3 is 1. The molecule has 5 nitrogen and oxygen atoms in total. The Morgan fingerprint density at radius 2 is 1.92 bits per heavy atom. The second kappa shape index (κ2) is 7.74. The van der Waals surface area contributed by atoms with Gasteiger partial charge in [0.15, 0.2) is 17.2 Å². The monoisotopic (exact) mass is 415 g/mol. The third-order valence-electron chi connectivity index (χ3n) is 3.58. The average Bonchev–Trinajstić information content (AvgIpc) is 2.96. The van der Waals surface area contributed by atoms with E-state index in [1.807, 2.05) is 50.2 Å². The van der Waals surface area contributed by atoms with E-state index in [1.54, 1.807) is 19.3 Å². The number of rotatable bonds is 5. The number of ether oxygens (including phenoxy) is 3. The smallest absolute Gasteiger partial charge is 0.363 e. The van der Waals surface area contributed by atoms with E-state index in [0.29, 0.717) is 11.5 Å². The number of esters is 1. The first-order chi connectivity index (χ1) is 12.5. The van der Waals surface area contributed by atoms with Gasteiger partial charge in [0.2, 0.25) is 5.90 Å². The highest BCUT2D eigenvalue weighted by Gasteiger charge is 2.25. The molecule has 0 amide bonds. The predicted octanol–water partition coefficient (Wildman–Crippen LogP) is 4.59. The quantitative estimate of drug-likeness (QED) is 0.529. The topological polar surface area (TPSA) is 57.1 Å². The van der Waals surface area contributed by atoms with Crippen molar-refractivity contribution < 1.29 is 19.0 Å². The number of benzene rings is 2. The Bertz CT molecular complexity index is 902. The van der Waals surface area contributed by atoms with Gasteiger partial charge in [-0.25, -0.2) is 9.79 Å². The summed E-state index contributed by atoms with van der Waals surface area (Å²) in [6, 6.07) is 12.9. The van der Waals surface area contributed by atoms with Gasteiger partial charge in [-0.2, -0.15) is 0 Å². The van der Waals surface area contributed by atoms with Gasteiger partial charge < -0.3 is 14.2 Å². The lowest BCUT2D eigenvalue weighted by molar-refractivity contribution is -0.129. The van der Waals surface area contributed by atoms with Crippen molar-refractivity contribution >= 4 is 33.9 Å². The van der Waals surface area contributed by atoms with Crippen LogP contribution in [0.3, 0.4) is 0 Å². The summed E-state index contributed by atoms with van der Waals surface area (Å²) in [5, 5.41) is 0. The first-order valence-corrected chi connectivity index (χ1v) is 8.89. The minimum atomic E-state index is -0.489. The zero-order valence-electron chi connectivity index (χ0n) is 14.7. The van der Waals surface area contributed by atoms with Crippen molar-refractivity contribution in [2.75, 3.05) is 7.11 Å². The summed E-state index contributed by atoms with van der Waals surface area (Å²) >= 11 is 3.44. The molecule has 0 saturated carbocycles. The van der Waals surface area contributed by atoms with Crippen LogP contribution < -0.4 is 9.47 Å². The van der Waals surface area contributed by atoms with Crippen LogP contribution in [0, 0.1) is 0 Å². The average molecular weight is 416 g/mol. The summed E-state index contributed by atoms with van der Waals surface area (Å²) in [7, 11) is 1.58. The van der Waals surface area contributed by atoms with Crippen molar-refractivity contribution in [3.63, 3.8) is 0 Å². The summed E-state index contributed by atoms with van der Waals surface area (Å²) in [6.07, 6.45) is 1.70. The van der Waals surface area contributed by atoms with Crippen molar-refractivity contribution in [3.05, 3.63) is 63.8 Å². The van der Waals surface area contributed by atoms with E-state index >= 15 is 0 Å². The largest absolute Gasteiger partial charge is 0.493 e. The molecular weight excluding hydrogens is 398 g/mol. The van der Waals surface area contributed by atoms with E-state index in [9.17, 15) is 4.79 Å².